The van der Waals surface area contributed by atoms with Crippen LogP contribution in [0.1, 0.15) is 50.4 Å². The highest BCUT2D eigenvalue weighted by Gasteiger charge is 2.13. The average Bonchev–Trinajstić information content (AvgIpc) is 2.16. The van der Waals surface area contributed by atoms with Crippen LogP contribution in [0.3, 0.4) is 0 Å². The average molecular weight is 194 g/mol. The lowest BCUT2D eigenvalue weighted by Crippen LogP contribution is -2.20. The molecule has 0 aliphatic rings. The molecule has 14 heavy (non-hydrogen) atoms. The van der Waals surface area contributed by atoms with E-state index < -0.39 is 0 Å². The molecule has 0 spiro atoms. The highest BCUT2D eigenvalue weighted by molar-refractivity contribution is 5.29. The van der Waals surface area contributed by atoms with Crippen LogP contribution in [0.4, 0.5) is 0 Å². The van der Waals surface area contributed by atoms with Gasteiger partial charge in [0.25, 0.3) is 5.56 Å². The fourth-order valence-electron chi connectivity index (χ4n) is 1.78. The van der Waals surface area contributed by atoms with Crippen molar-refractivity contribution >= 4 is 0 Å². The van der Waals surface area contributed by atoms with Gasteiger partial charge in [-0.25, -0.2) is 5.10 Å². The van der Waals surface area contributed by atoms with Crippen molar-refractivity contribution in [2.75, 3.05) is 0 Å². The minimum absolute atomic E-state index is 0.0336. The Morgan fingerprint density at radius 2 is 1.79 bits per heavy atom. The minimum Gasteiger partial charge on any atom is -0.268 e. The molecule has 0 unspecified atom stereocenters. The smallest absolute Gasteiger partial charge is 0.267 e. The van der Waals surface area contributed by atoms with E-state index in [-0.39, 0.29) is 5.56 Å². The van der Waals surface area contributed by atoms with Crippen LogP contribution in [0.25, 0.3) is 0 Å². The summed E-state index contributed by atoms with van der Waals surface area (Å²) in [7, 11) is 0. The van der Waals surface area contributed by atoms with Gasteiger partial charge in [0, 0.05) is 5.56 Å². The topological polar surface area (TPSA) is 45.8 Å². The normalized spacial score (nSPS) is 10.9. The lowest BCUT2D eigenvalue weighted by molar-refractivity contribution is 0.741. The van der Waals surface area contributed by atoms with E-state index in [1.165, 1.54) is 0 Å². The minimum atomic E-state index is -0.0336. The maximum Gasteiger partial charge on any atom is 0.267 e. The SMILES string of the molecule is CCc1c(C(C)C)n[nH]c(=O)c1CC. The van der Waals surface area contributed by atoms with Crippen molar-refractivity contribution in [1.29, 1.82) is 0 Å². The van der Waals surface area contributed by atoms with Gasteiger partial charge < -0.3 is 0 Å². The van der Waals surface area contributed by atoms with E-state index in [9.17, 15) is 4.79 Å². The number of rotatable bonds is 3. The summed E-state index contributed by atoms with van der Waals surface area (Å²) in [6.07, 6.45) is 1.66. The van der Waals surface area contributed by atoms with E-state index in [2.05, 4.69) is 31.0 Å². The van der Waals surface area contributed by atoms with Gasteiger partial charge in [0.2, 0.25) is 0 Å². The second-order valence-corrected chi connectivity index (χ2v) is 3.76. The number of hydrogen-bond donors (Lipinski definition) is 1. The van der Waals surface area contributed by atoms with Crippen LogP contribution in [0, 0.1) is 0 Å². The molecule has 1 heterocycles. The highest BCUT2D eigenvalue weighted by Crippen LogP contribution is 2.18. The summed E-state index contributed by atoms with van der Waals surface area (Å²) in [6, 6.07) is 0. The molecule has 0 fully saturated rings. The number of nitrogens with zero attached hydrogens (tertiary/aromatic N) is 1. The van der Waals surface area contributed by atoms with Gasteiger partial charge in [-0.3, -0.25) is 4.79 Å². The quantitative estimate of drug-likeness (QED) is 0.800. The molecule has 3 nitrogen and oxygen atoms in total. The van der Waals surface area contributed by atoms with Crippen molar-refractivity contribution in [1.82, 2.24) is 10.2 Å². The van der Waals surface area contributed by atoms with E-state index >= 15 is 0 Å². The Morgan fingerprint density at radius 1 is 1.21 bits per heavy atom. The van der Waals surface area contributed by atoms with Gasteiger partial charge in [-0.2, -0.15) is 5.10 Å². The van der Waals surface area contributed by atoms with Crippen molar-refractivity contribution in [2.24, 2.45) is 0 Å². The maximum atomic E-state index is 11.5. The van der Waals surface area contributed by atoms with E-state index in [1.807, 2.05) is 6.92 Å². The number of aromatic nitrogens is 2. The Morgan fingerprint density at radius 3 is 2.21 bits per heavy atom. The summed E-state index contributed by atoms with van der Waals surface area (Å²) >= 11 is 0. The lowest BCUT2D eigenvalue weighted by atomic mass is 9.97. The second-order valence-electron chi connectivity index (χ2n) is 3.76. The first-order valence-electron chi connectivity index (χ1n) is 5.22. The maximum absolute atomic E-state index is 11.5. The second kappa shape index (κ2) is 4.40. The molecule has 0 saturated heterocycles. The van der Waals surface area contributed by atoms with Crippen molar-refractivity contribution in [3.8, 4) is 0 Å². The molecule has 0 atom stereocenters. The predicted molar refractivity (Wildman–Crippen MR) is 57.7 cm³/mol. The molecule has 0 amide bonds. The molecule has 0 aliphatic carbocycles. The first kappa shape index (κ1) is 11.0. The lowest BCUT2D eigenvalue weighted by Gasteiger charge is -2.12. The molecule has 0 aliphatic heterocycles. The Hall–Kier alpha value is -1.12. The van der Waals surface area contributed by atoms with E-state index in [4.69, 9.17) is 0 Å². The van der Waals surface area contributed by atoms with Crippen molar-refractivity contribution < 1.29 is 0 Å². The summed E-state index contributed by atoms with van der Waals surface area (Å²) in [5, 5.41) is 6.69. The molecule has 1 aromatic rings. The third kappa shape index (κ3) is 1.86. The highest BCUT2D eigenvalue weighted by atomic mass is 16.1. The summed E-state index contributed by atoms with van der Waals surface area (Å²) in [4.78, 5) is 11.5. The largest absolute Gasteiger partial charge is 0.268 e. The molecule has 0 saturated carbocycles. The Labute approximate surface area is 84.6 Å². The molecule has 0 radical (unpaired) electrons. The molecule has 0 aromatic carbocycles. The van der Waals surface area contributed by atoms with Crippen LogP contribution in [0.15, 0.2) is 4.79 Å². The molecule has 3 heteroatoms. The molecule has 1 aromatic heterocycles. The summed E-state index contributed by atoms with van der Waals surface area (Å²) in [6.45, 7) is 8.27. The molecule has 1 rings (SSSR count). The van der Waals surface area contributed by atoms with E-state index in [0.29, 0.717) is 5.92 Å². The molecular formula is C11H18N2O. The van der Waals surface area contributed by atoms with Gasteiger partial charge >= 0.3 is 0 Å². The monoisotopic (exact) mass is 194 g/mol. The fraction of sp³-hybridized carbons (Fsp3) is 0.636. The van der Waals surface area contributed by atoms with Crippen LogP contribution in [0.5, 0.6) is 0 Å². The fourth-order valence-corrected chi connectivity index (χ4v) is 1.78. The first-order chi connectivity index (χ1) is 6.61. The number of hydrogen-bond acceptors (Lipinski definition) is 2. The van der Waals surface area contributed by atoms with Crippen LogP contribution in [0.2, 0.25) is 0 Å². The van der Waals surface area contributed by atoms with E-state index in [0.717, 1.165) is 29.7 Å². The van der Waals surface area contributed by atoms with Crippen LogP contribution in [-0.4, -0.2) is 10.2 Å². The number of nitrogens with one attached hydrogen (secondary N) is 1. The number of H-pyrrole nitrogens is 1. The van der Waals surface area contributed by atoms with E-state index in [1.54, 1.807) is 0 Å². The van der Waals surface area contributed by atoms with Crippen molar-refractivity contribution in [3.05, 3.63) is 27.2 Å². The van der Waals surface area contributed by atoms with Gasteiger partial charge in [-0.15, -0.1) is 0 Å². The van der Waals surface area contributed by atoms with Gasteiger partial charge in [0.1, 0.15) is 0 Å². The zero-order valence-electron chi connectivity index (χ0n) is 9.35. The predicted octanol–water partition coefficient (Wildman–Crippen LogP) is 2.02. The zero-order valence-corrected chi connectivity index (χ0v) is 9.35. The van der Waals surface area contributed by atoms with Crippen LogP contribution in [-0.2, 0) is 12.8 Å². The molecule has 0 bridgehead atoms. The van der Waals surface area contributed by atoms with Crippen LogP contribution >= 0.6 is 0 Å². The molecule has 78 valence electrons. The third-order valence-corrected chi connectivity index (χ3v) is 2.48. The number of aromatic amines is 1. The van der Waals surface area contributed by atoms with Gasteiger partial charge in [0.15, 0.2) is 0 Å². The Bertz CT molecular complexity index is 366. The van der Waals surface area contributed by atoms with Gasteiger partial charge in [-0.1, -0.05) is 27.7 Å². The van der Waals surface area contributed by atoms with Gasteiger partial charge in [0.05, 0.1) is 5.69 Å². The summed E-state index contributed by atoms with van der Waals surface area (Å²) in [5.41, 5.74) is 3.02. The molecule has 1 N–H and O–H groups in total. The Kier molecular flexibility index (Phi) is 3.44. The standard InChI is InChI=1S/C11H18N2O/c1-5-8-9(6-2)11(14)13-12-10(8)7(3)4/h7H,5-6H2,1-4H3,(H,13,14). The van der Waals surface area contributed by atoms with Crippen LogP contribution < -0.4 is 5.56 Å². The summed E-state index contributed by atoms with van der Waals surface area (Å²) < 4.78 is 0. The van der Waals surface area contributed by atoms with Crippen molar-refractivity contribution in [3.63, 3.8) is 0 Å². The van der Waals surface area contributed by atoms with Gasteiger partial charge in [-0.05, 0) is 24.3 Å². The third-order valence-electron chi connectivity index (χ3n) is 2.48. The molecular weight excluding hydrogens is 176 g/mol. The first-order valence-corrected chi connectivity index (χ1v) is 5.22. The Balaban J connectivity index is 3.40. The zero-order chi connectivity index (χ0) is 10.7. The summed E-state index contributed by atoms with van der Waals surface area (Å²) in [5.74, 6) is 0.368. The van der Waals surface area contributed by atoms with Crippen molar-refractivity contribution in [2.45, 2.75) is 46.5 Å².